The lowest BCUT2D eigenvalue weighted by Gasteiger charge is -2.20. The molecule has 0 radical (unpaired) electrons. The molecule has 0 amide bonds. The van der Waals surface area contributed by atoms with Crippen molar-refractivity contribution in [2.75, 3.05) is 13.7 Å². The Kier molecular flexibility index (Phi) is 5.39. The van der Waals surface area contributed by atoms with Crippen molar-refractivity contribution in [2.24, 2.45) is 0 Å². The topological polar surface area (TPSA) is 39.1 Å². The molecule has 1 N–H and O–H groups in total. The summed E-state index contributed by atoms with van der Waals surface area (Å²) in [6, 6.07) is 6.65. The molecule has 0 aliphatic rings. The summed E-state index contributed by atoms with van der Waals surface area (Å²) in [7, 11) is 1.71. The highest BCUT2D eigenvalue weighted by atomic mass is 16.5. The number of hydrogen-bond acceptors (Lipinski definition) is 3. The molecule has 1 aromatic heterocycles. The molecule has 0 spiro atoms. The third kappa shape index (κ3) is 3.64. The first-order valence-electron chi connectivity index (χ1n) is 7.57. The van der Waals surface area contributed by atoms with Gasteiger partial charge in [-0.1, -0.05) is 19.1 Å². The van der Waals surface area contributed by atoms with Crippen molar-refractivity contribution < 1.29 is 4.74 Å². The van der Waals surface area contributed by atoms with Gasteiger partial charge in [-0.15, -0.1) is 0 Å². The number of likely N-dealkylation sites (N-methyl/N-ethyl adjacent to an activating group) is 1. The standard InChI is InChI=1S/C17H25N3O/c1-5-18-15(12-17-19-9-10-20(17)6-2)14-7-8-16(21-4)13(3)11-14/h7-11,15,18H,5-6,12H2,1-4H3. The third-order valence-corrected chi connectivity index (χ3v) is 3.80. The number of benzene rings is 1. The van der Waals surface area contributed by atoms with Crippen LogP contribution in [0.4, 0.5) is 0 Å². The van der Waals surface area contributed by atoms with Crippen LogP contribution in [0.3, 0.4) is 0 Å². The monoisotopic (exact) mass is 287 g/mol. The van der Waals surface area contributed by atoms with Crippen LogP contribution >= 0.6 is 0 Å². The van der Waals surface area contributed by atoms with Gasteiger partial charge in [0.2, 0.25) is 0 Å². The second-order valence-corrected chi connectivity index (χ2v) is 5.17. The number of nitrogens with zero attached hydrogens (tertiary/aromatic N) is 2. The van der Waals surface area contributed by atoms with Gasteiger partial charge < -0.3 is 14.6 Å². The zero-order valence-corrected chi connectivity index (χ0v) is 13.4. The first kappa shape index (κ1) is 15.6. The van der Waals surface area contributed by atoms with Gasteiger partial charge in [0.25, 0.3) is 0 Å². The predicted octanol–water partition coefficient (Wildman–Crippen LogP) is 3.11. The lowest BCUT2D eigenvalue weighted by Crippen LogP contribution is -2.24. The predicted molar refractivity (Wildman–Crippen MR) is 85.8 cm³/mol. The van der Waals surface area contributed by atoms with Crippen LogP contribution in [-0.4, -0.2) is 23.2 Å². The maximum absolute atomic E-state index is 5.35. The van der Waals surface area contributed by atoms with E-state index in [1.54, 1.807) is 7.11 Å². The molecule has 114 valence electrons. The Morgan fingerprint density at radius 2 is 2.14 bits per heavy atom. The van der Waals surface area contributed by atoms with E-state index < -0.39 is 0 Å². The van der Waals surface area contributed by atoms with Crippen molar-refractivity contribution in [3.8, 4) is 5.75 Å². The first-order chi connectivity index (χ1) is 10.2. The van der Waals surface area contributed by atoms with E-state index in [0.29, 0.717) is 0 Å². The van der Waals surface area contributed by atoms with Gasteiger partial charge in [-0.05, 0) is 37.6 Å². The summed E-state index contributed by atoms with van der Waals surface area (Å²) in [6.07, 6.45) is 4.80. The third-order valence-electron chi connectivity index (χ3n) is 3.80. The van der Waals surface area contributed by atoms with Crippen LogP contribution in [0, 0.1) is 6.92 Å². The van der Waals surface area contributed by atoms with Gasteiger partial charge in [0.05, 0.1) is 7.11 Å². The average Bonchev–Trinajstić information content (AvgIpc) is 2.94. The smallest absolute Gasteiger partial charge is 0.121 e. The van der Waals surface area contributed by atoms with Crippen LogP contribution < -0.4 is 10.1 Å². The molecule has 21 heavy (non-hydrogen) atoms. The molecule has 2 rings (SSSR count). The Morgan fingerprint density at radius 1 is 1.33 bits per heavy atom. The fraction of sp³-hybridized carbons (Fsp3) is 0.471. The van der Waals surface area contributed by atoms with Gasteiger partial charge >= 0.3 is 0 Å². The highest BCUT2D eigenvalue weighted by Crippen LogP contribution is 2.24. The van der Waals surface area contributed by atoms with E-state index in [9.17, 15) is 0 Å². The molecule has 4 heteroatoms. The zero-order valence-electron chi connectivity index (χ0n) is 13.4. The molecule has 0 saturated heterocycles. The summed E-state index contributed by atoms with van der Waals surface area (Å²) < 4.78 is 7.54. The molecule has 0 aliphatic heterocycles. The Labute approximate surface area is 127 Å². The summed E-state index contributed by atoms with van der Waals surface area (Å²) >= 11 is 0. The van der Waals surface area contributed by atoms with Crippen LogP contribution in [0.25, 0.3) is 0 Å². The maximum atomic E-state index is 5.35. The molecule has 0 saturated carbocycles. The van der Waals surface area contributed by atoms with Gasteiger partial charge in [-0.25, -0.2) is 4.98 Å². The van der Waals surface area contributed by atoms with Gasteiger partial charge in [0.1, 0.15) is 11.6 Å². The van der Waals surface area contributed by atoms with E-state index in [1.165, 1.54) is 5.56 Å². The van der Waals surface area contributed by atoms with Crippen LogP contribution in [0.5, 0.6) is 5.75 Å². The van der Waals surface area contributed by atoms with E-state index >= 15 is 0 Å². The molecular formula is C17H25N3O. The van der Waals surface area contributed by atoms with Crippen LogP contribution in [0.15, 0.2) is 30.6 Å². The SMILES string of the molecule is CCNC(Cc1nccn1CC)c1ccc(OC)c(C)c1. The quantitative estimate of drug-likeness (QED) is 0.850. The van der Waals surface area contributed by atoms with Crippen molar-refractivity contribution >= 4 is 0 Å². The molecule has 0 fully saturated rings. The Hall–Kier alpha value is -1.81. The van der Waals surface area contributed by atoms with Crippen molar-refractivity contribution in [3.05, 3.63) is 47.5 Å². The van der Waals surface area contributed by atoms with Gasteiger partial charge in [0, 0.05) is 31.4 Å². The summed E-state index contributed by atoms with van der Waals surface area (Å²) in [5.41, 5.74) is 2.44. The van der Waals surface area contributed by atoms with Gasteiger partial charge in [0.15, 0.2) is 0 Å². The number of rotatable bonds is 7. The molecule has 0 bridgehead atoms. The Morgan fingerprint density at radius 3 is 2.76 bits per heavy atom. The highest BCUT2D eigenvalue weighted by Gasteiger charge is 2.15. The van der Waals surface area contributed by atoms with Gasteiger partial charge in [-0.2, -0.15) is 0 Å². The van der Waals surface area contributed by atoms with Crippen LogP contribution in [0.1, 0.15) is 36.8 Å². The molecule has 1 aromatic carbocycles. The summed E-state index contributed by atoms with van der Waals surface area (Å²) in [5.74, 6) is 2.06. The first-order valence-corrected chi connectivity index (χ1v) is 7.57. The number of aryl methyl sites for hydroxylation is 2. The minimum atomic E-state index is 0.271. The molecule has 1 unspecified atom stereocenters. The van der Waals surface area contributed by atoms with E-state index in [4.69, 9.17) is 4.74 Å². The second kappa shape index (κ2) is 7.27. The number of imidazole rings is 1. The van der Waals surface area contributed by atoms with Crippen molar-refractivity contribution in [1.29, 1.82) is 0 Å². The fourth-order valence-corrected chi connectivity index (χ4v) is 2.67. The Balaban J connectivity index is 2.24. The fourth-order valence-electron chi connectivity index (χ4n) is 2.67. The average molecular weight is 287 g/mol. The number of aromatic nitrogens is 2. The maximum Gasteiger partial charge on any atom is 0.121 e. The second-order valence-electron chi connectivity index (χ2n) is 5.17. The van der Waals surface area contributed by atoms with E-state index in [2.05, 4.69) is 47.8 Å². The summed E-state index contributed by atoms with van der Waals surface area (Å²) in [6.45, 7) is 8.25. The summed E-state index contributed by atoms with van der Waals surface area (Å²) in [5, 5.41) is 3.56. The van der Waals surface area contributed by atoms with E-state index in [1.807, 2.05) is 18.5 Å². The number of nitrogens with one attached hydrogen (secondary N) is 1. The highest BCUT2D eigenvalue weighted by molar-refractivity contribution is 5.37. The molecule has 2 aromatic rings. The minimum Gasteiger partial charge on any atom is -0.496 e. The van der Waals surface area contributed by atoms with Crippen molar-refractivity contribution in [3.63, 3.8) is 0 Å². The number of methoxy groups -OCH3 is 1. The lowest BCUT2D eigenvalue weighted by molar-refractivity contribution is 0.411. The molecular weight excluding hydrogens is 262 g/mol. The Bertz CT molecular complexity index is 577. The van der Waals surface area contributed by atoms with Crippen LogP contribution in [0.2, 0.25) is 0 Å². The minimum absolute atomic E-state index is 0.271. The molecule has 4 nitrogen and oxygen atoms in total. The van der Waals surface area contributed by atoms with Crippen LogP contribution in [-0.2, 0) is 13.0 Å². The molecule has 1 atom stereocenters. The number of hydrogen-bond donors (Lipinski definition) is 1. The number of ether oxygens (including phenoxy) is 1. The van der Waals surface area contributed by atoms with Crippen molar-refractivity contribution in [1.82, 2.24) is 14.9 Å². The lowest BCUT2D eigenvalue weighted by atomic mass is 10.0. The zero-order chi connectivity index (χ0) is 15.2. The van der Waals surface area contributed by atoms with Crippen molar-refractivity contribution in [2.45, 2.75) is 39.8 Å². The van der Waals surface area contributed by atoms with E-state index in [0.717, 1.165) is 36.6 Å². The molecule has 0 aliphatic carbocycles. The molecule has 1 heterocycles. The largest absolute Gasteiger partial charge is 0.496 e. The van der Waals surface area contributed by atoms with E-state index in [-0.39, 0.29) is 6.04 Å². The summed E-state index contributed by atoms with van der Waals surface area (Å²) in [4.78, 5) is 4.49. The normalized spacial score (nSPS) is 12.4. The van der Waals surface area contributed by atoms with Gasteiger partial charge in [-0.3, -0.25) is 0 Å².